The molecule has 0 rings (SSSR count). The Bertz CT molecular complexity index is 132. The van der Waals surface area contributed by atoms with Gasteiger partial charge in [-0.25, -0.2) is 0 Å². The first-order valence-corrected chi connectivity index (χ1v) is 5.29. The molecule has 0 spiro atoms. The van der Waals surface area contributed by atoms with E-state index in [1.54, 1.807) is 0 Å². The Morgan fingerprint density at radius 3 is 2.31 bits per heavy atom. The van der Waals surface area contributed by atoms with Crippen LogP contribution in [0, 0.1) is 0 Å². The van der Waals surface area contributed by atoms with Crippen LogP contribution in [0.4, 0.5) is 0 Å². The van der Waals surface area contributed by atoms with Gasteiger partial charge >= 0.3 is 0 Å². The first-order chi connectivity index (χ1) is 5.90. The highest BCUT2D eigenvalue weighted by molar-refractivity contribution is 4.76. The minimum absolute atomic E-state index is 0.155. The van der Waals surface area contributed by atoms with E-state index in [0.717, 1.165) is 25.8 Å². The highest BCUT2D eigenvalue weighted by Gasteiger charge is 2.20. The molecule has 0 heterocycles. The van der Waals surface area contributed by atoms with Gasteiger partial charge in [-0.3, -0.25) is 0 Å². The van der Waals surface area contributed by atoms with Gasteiger partial charge in [0.2, 0.25) is 0 Å². The number of aliphatic hydroxyl groups excluding tert-OH is 1. The number of rotatable bonds is 6. The van der Waals surface area contributed by atoms with Crippen molar-refractivity contribution in [3.05, 3.63) is 0 Å². The monoisotopic (exact) mass is 187 g/mol. The van der Waals surface area contributed by atoms with Crippen molar-refractivity contribution in [2.75, 3.05) is 13.6 Å². The summed E-state index contributed by atoms with van der Waals surface area (Å²) in [5, 5.41) is 9.11. The maximum absolute atomic E-state index is 9.11. The average molecular weight is 187 g/mol. The zero-order valence-electron chi connectivity index (χ0n) is 9.80. The van der Waals surface area contributed by atoms with Crippen molar-refractivity contribution in [2.45, 2.75) is 58.6 Å². The molecule has 0 radical (unpaired) electrons. The van der Waals surface area contributed by atoms with E-state index in [4.69, 9.17) is 5.11 Å². The summed E-state index contributed by atoms with van der Waals surface area (Å²) in [5.41, 5.74) is 0.290. The molecule has 0 aliphatic rings. The number of aliphatic hydroxyl groups is 1. The van der Waals surface area contributed by atoms with Crippen LogP contribution in [0.25, 0.3) is 0 Å². The van der Waals surface area contributed by atoms with Gasteiger partial charge in [0.1, 0.15) is 0 Å². The Morgan fingerprint density at radius 2 is 1.92 bits per heavy atom. The normalized spacial score (nSPS) is 15.0. The molecule has 0 bridgehead atoms. The summed E-state index contributed by atoms with van der Waals surface area (Å²) in [7, 11) is 2.16. The smallest absolute Gasteiger partial charge is 0.0512 e. The van der Waals surface area contributed by atoms with Gasteiger partial charge in [-0.15, -0.1) is 0 Å². The van der Waals surface area contributed by atoms with Crippen LogP contribution >= 0.6 is 0 Å². The number of hydrogen-bond acceptors (Lipinski definition) is 2. The van der Waals surface area contributed by atoms with E-state index in [0.29, 0.717) is 5.54 Å². The lowest BCUT2D eigenvalue weighted by molar-refractivity contribution is 0.131. The minimum atomic E-state index is -0.155. The van der Waals surface area contributed by atoms with Crippen molar-refractivity contribution in [2.24, 2.45) is 0 Å². The zero-order valence-corrected chi connectivity index (χ0v) is 9.80. The van der Waals surface area contributed by atoms with Crippen LogP contribution in [-0.4, -0.2) is 35.2 Å². The van der Waals surface area contributed by atoms with Crippen molar-refractivity contribution in [3.63, 3.8) is 0 Å². The van der Waals surface area contributed by atoms with E-state index >= 15 is 0 Å². The predicted octanol–water partition coefficient (Wildman–Crippen LogP) is 2.27. The van der Waals surface area contributed by atoms with Gasteiger partial charge in [-0.05, 0) is 53.6 Å². The van der Waals surface area contributed by atoms with Gasteiger partial charge < -0.3 is 10.0 Å². The third-order valence-electron chi connectivity index (χ3n) is 3.01. The van der Waals surface area contributed by atoms with Crippen molar-refractivity contribution >= 4 is 0 Å². The van der Waals surface area contributed by atoms with Crippen molar-refractivity contribution in [3.8, 4) is 0 Å². The van der Waals surface area contributed by atoms with Crippen LogP contribution < -0.4 is 0 Å². The number of hydrogen-bond donors (Lipinski definition) is 1. The van der Waals surface area contributed by atoms with Crippen LogP contribution in [0.1, 0.15) is 47.0 Å². The second kappa shape index (κ2) is 5.61. The molecule has 0 aliphatic carbocycles. The molecule has 2 nitrogen and oxygen atoms in total. The van der Waals surface area contributed by atoms with E-state index in [9.17, 15) is 0 Å². The van der Waals surface area contributed by atoms with Gasteiger partial charge in [0.25, 0.3) is 0 Å². The molecular weight excluding hydrogens is 162 g/mol. The molecule has 13 heavy (non-hydrogen) atoms. The Hall–Kier alpha value is -0.0800. The fourth-order valence-corrected chi connectivity index (χ4v) is 1.20. The van der Waals surface area contributed by atoms with Crippen LogP contribution in [0.5, 0.6) is 0 Å². The first-order valence-electron chi connectivity index (χ1n) is 5.29. The molecule has 80 valence electrons. The fourth-order valence-electron chi connectivity index (χ4n) is 1.20. The fraction of sp³-hybridized carbons (Fsp3) is 1.00. The van der Waals surface area contributed by atoms with Gasteiger partial charge in [0, 0.05) is 5.54 Å². The topological polar surface area (TPSA) is 23.5 Å². The average Bonchev–Trinajstić information content (AvgIpc) is 2.03. The Kier molecular flexibility index (Phi) is 5.57. The number of nitrogens with zero attached hydrogens (tertiary/aromatic N) is 1. The highest BCUT2D eigenvalue weighted by Crippen LogP contribution is 2.16. The SMILES string of the molecule is CCC(C)(C)N(C)CCCC(C)O. The second-order valence-corrected chi connectivity index (χ2v) is 4.58. The van der Waals surface area contributed by atoms with Crippen LogP contribution in [-0.2, 0) is 0 Å². The summed E-state index contributed by atoms with van der Waals surface area (Å²) in [4.78, 5) is 2.37. The Morgan fingerprint density at radius 1 is 1.38 bits per heavy atom. The van der Waals surface area contributed by atoms with Crippen molar-refractivity contribution in [1.29, 1.82) is 0 Å². The molecule has 1 unspecified atom stereocenters. The Labute approximate surface area is 82.9 Å². The molecule has 0 aromatic rings. The maximum Gasteiger partial charge on any atom is 0.0512 e. The molecule has 0 amide bonds. The summed E-state index contributed by atoms with van der Waals surface area (Å²) in [6.07, 6.45) is 3.00. The van der Waals surface area contributed by atoms with E-state index in [1.807, 2.05) is 6.92 Å². The molecule has 0 fully saturated rings. The summed E-state index contributed by atoms with van der Waals surface area (Å²) < 4.78 is 0. The molecule has 0 saturated carbocycles. The van der Waals surface area contributed by atoms with Crippen molar-refractivity contribution in [1.82, 2.24) is 4.90 Å². The first kappa shape index (κ1) is 12.9. The summed E-state index contributed by atoms with van der Waals surface area (Å²) in [5.74, 6) is 0. The predicted molar refractivity (Wildman–Crippen MR) is 57.9 cm³/mol. The molecule has 0 aliphatic heterocycles. The van der Waals surface area contributed by atoms with E-state index < -0.39 is 0 Å². The maximum atomic E-state index is 9.11. The molecule has 2 heteroatoms. The standard InChI is InChI=1S/C11H25NO/c1-6-11(3,4)12(5)9-7-8-10(2)13/h10,13H,6-9H2,1-5H3. The second-order valence-electron chi connectivity index (χ2n) is 4.58. The minimum Gasteiger partial charge on any atom is -0.393 e. The largest absolute Gasteiger partial charge is 0.393 e. The van der Waals surface area contributed by atoms with Gasteiger partial charge in [-0.1, -0.05) is 6.92 Å². The molecule has 0 saturated heterocycles. The van der Waals surface area contributed by atoms with Gasteiger partial charge in [0.15, 0.2) is 0 Å². The summed E-state index contributed by atoms with van der Waals surface area (Å²) in [6.45, 7) is 9.66. The Balaban J connectivity index is 3.68. The lowest BCUT2D eigenvalue weighted by atomic mass is 9.99. The van der Waals surface area contributed by atoms with E-state index in [-0.39, 0.29) is 6.10 Å². The van der Waals surface area contributed by atoms with E-state index in [2.05, 4.69) is 32.7 Å². The molecule has 1 N–H and O–H groups in total. The van der Waals surface area contributed by atoms with Crippen LogP contribution in [0.15, 0.2) is 0 Å². The summed E-state index contributed by atoms with van der Waals surface area (Å²) >= 11 is 0. The van der Waals surface area contributed by atoms with Gasteiger partial charge in [-0.2, -0.15) is 0 Å². The quantitative estimate of drug-likeness (QED) is 0.689. The molecule has 1 atom stereocenters. The molecule has 0 aromatic carbocycles. The lowest BCUT2D eigenvalue weighted by Crippen LogP contribution is -2.41. The van der Waals surface area contributed by atoms with Crippen LogP contribution in [0.2, 0.25) is 0 Å². The zero-order chi connectivity index (χ0) is 10.5. The van der Waals surface area contributed by atoms with Crippen LogP contribution in [0.3, 0.4) is 0 Å². The third-order valence-corrected chi connectivity index (χ3v) is 3.01. The van der Waals surface area contributed by atoms with Gasteiger partial charge in [0.05, 0.1) is 6.10 Å². The highest BCUT2D eigenvalue weighted by atomic mass is 16.3. The lowest BCUT2D eigenvalue weighted by Gasteiger charge is -2.34. The molecular formula is C11H25NO. The molecule has 0 aromatic heterocycles. The van der Waals surface area contributed by atoms with Crippen molar-refractivity contribution < 1.29 is 5.11 Å². The summed E-state index contributed by atoms with van der Waals surface area (Å²) in [6, 6.07) is 0. The third kappa shape index (κ3) is 5.27. The van der Waals surface area contributed by atoms with E-state index in [1.165, 1.54) is 0 Å².